The number of hydrogen-bond acceptors (Lipinski definition) is 7. The normalized spacial score (nSPS) is 24.8. The largest absolute Gasteiger partial charge is 0.494 e. The molecule has 2 aromatic rings. The number of allylic oxidation sites excluding steroid dienone is 2. The third-order valence-electron chi connectivity index (χ3n) is 7.94. The molecule has 0 spiro atoms. The maximum absolute atomic E-state index is 11.8. The summed E-state index contributed by atoms with van der Waals surface area (Å²) in [5.74, 6) is -0.675. The van der Waals surface area contributed by atoms with Gasteiger partial charge < -0.3 is 29.4 Å². The van der Waals surface area contributed by atoms with Gasteiger partial charge in [0.2, 0.25) is 0 Å². The lowest BCUT2D eigenvalue weighted by molar-refractivity contribution is -0.147. The number of carbonyl (C=O) groups is 1. The van der Waals surface area contributed by atoms with Crippen molar-refractivity contribution < 1.29 is 34.2 Å². The van der Waals surface area contributed by atoms with E-state index >= 15 is 0 Å². The number of carbonyl (C=O) groups excluding carboxylic acids is 1. The Hall–Kier alpha value is -2.49. The molecule has 1 aliphatic carbocycles. The van der Waals surface area contributed by atoms with E-state index in [-0.39, 0.29) is 30.2 Å². The summed E-state index contributed by atoms with van der Waals surface area (Å²) < 4.78 is 17.9. The van der Waals surface area contributed by atoms with Crippen molar-refractivity contribution in [1.82, 2.24) is 0 Å². The van der Waals surface area contributed by atoms with Crippen LogP contribution in [0.1, 0.15) is 57.9 Å². The fourth-order valence-corrected chi connectivity index (χ4v) is 5.93. The number of fused-ring (bicyclic) bond motifs is 2. The van der Waals surface area contributed by atoms with Crippen LogP contribution in [0.25, 0.3) is 0 Å². The summed E-state index contributed by atoms with van der Waals surface area (Å²) in [5.41, 5.74) is 1.99. The van der Waals surface area contributed by atoms with Gasteiger partial charge in [-0.1, -0.05) is 72.8 Å². The molecular formula is C32H43BO7. The molecule has 3 N–H and O–H groups in total. The second-order valence-electron chi connectivity index (χ2n) is 11.3. The maximum Gasteiger partial charge on any atom is 0.494 e. The number of esters is 1. The first-order valence-electron chi connectivity index (χ1n) is 14.6. The monoisotopic (exact) mass is 550 g/mol. The zero-order valence-electron chi connectivity index (χ0n) is 23.5. The van der Waals surface area contributed by atoms with E-state index in [4.69, 9.17) is 14.0 Å². The molecule has 2 bridgehead atoms. The molecule has 2 aromatic carbocycles. The summed E-state index contributed by atoms with van der Waals surface area (Å²) >= 11 is 0. The zero-order valence-corrected chi connectivity index (χ0v) is 23.5. The van der Waals surface area contributed by atoms with Crippen LogP contribution in [-0.2, 0) is 25.3 Å². The lowest BCUT2D eigenvalue weighted by atomic mass is 9.77. The highest BCUT2D eigenvalue weighted by atomic mass is 16.6. The molecule has 0 aromatic heterocycles. The average molecular weight is 551 g/mol. The fourth-order valence-electron chi connectivity index (χ4n) is 5.93. The number of benzene rings is 2. The smallest absolute Gasteiger partial charge is 0.463 e. The zero-order chi connectivity index (χ0) is 28.5. The number of aliphatic hydroxyl groups is 3. The second-order valence-corrected chi connectivity index (χ2v) is 11.3. The van der Waals surface area contributed by atoms with Crippen molar-refractivity contribution in [1.29, 1.82) is 0 Å². The van der Waals surface area contributed by atoms with Crippen LogP contribution in [0.3, 0.4) is 0 Å². The summed E-state index contributed by atoms with van der Waals surface area (Å²) in [4.78, 5) is 11.8. The predicted molar refractivity (Wildman–Crippen MR) is 155 cm³/mol. The summed E-state index contributed by atoms with van der Waals surface area (Å²) in [6, 6.07) is 19.5. The standard InChI is InChI=1S/C32H43BO7/c1-22(2)38-29(35)18-12-4-3-11-17-25-27-21-28(40-33(39-27)24-15-9-6-10-16-24)30(25)32(37)31(36)26(34)20-19-23-13-7-5-8-14-23/h3,5-11,13-16,22,25-28,30-32,34,36-37H,4,12,17-21H2,1-2H3/b11-3-/t25-,26-,27-,28+,30+,31+,32-/m0/s1. The second kappa shape index (κ2) is 14.9. The van der Waals surface area contributed by atoms with Gasteiger partial charge in [0, 0.05) is 18.4 Å². The molecule has 0 amide bonds. The summed E-state index contributed by atoms with van der Waals surface area (Å²) in [5, 5.41) is 33.3. The lowest BCUT2D eigenvalue weighted by Gasteiger charge is -2.33. The van der Waals surface area contributed by atoms with Gasteiger partial charge in [-0.05, 0) is 69.3 Å². The Bertz CT molecular complexity index is 1060. The first-order valence-corrected chi connectivity index (χ1v) is 14.6. The molecule has 1 heterocycles. The lowest BCUT2D eigenvalue weighted by Crippen LogP contribution is -2.48. The third kappa shape index (κ3) is 8.27. The van der Waals surface area contributed by atoms with Crippen molar-refractivity contribution in [2.24, 2.45) is 11.8 Å². The molecule has 7 nitrogen and oxygen atoms in total. The highest BCUT2D eigenvalue weighted by Crippen LogP contribution is 2.45. The predicted octanol–water partition coefficient (Wildman–Crippen LogP) is 3.59. The van der Waals surface area contributed by atoms with Gasteiger partial charge in [0.1, 0.15) is 6.10 Å². The van der Waals surface area contributed by atoms with Gasteiger partial charge in [-0.2, -0.15) is 0 Å². The topological polar surface area (TPSA) is 105 Å². The van der Waals surface area contributed by atoms with Crippen LogP contribution in [0.5, 0.6) is 0 Å². The van der Waals surface area contributed by atoms with Crippen molar-refractivity contribution in [3.05, 3.63) is 78.4 Å². The van der Waals surface area contributed by atoms with Crippen molar-refractivity contribution >= 4 is 18.6 Å². The summed E-state index contributed by atoms with van der Waals surface area (Å²) in [6.45, 7) is 3.68. The molecule has 1 aliphatic heterocycles. The van der Waals surface area contributed by atoms with E-state index in [0.717, 1.165) is 17.4 Å². The Labute approximate surface area is 238 Å². The van der Waals surface area contributed by atoms with Gasteiger partial charge in [-0.25, -0.2) is 0 Å². The molecule has 1 saturated heterocycles. The minimum atomic E-state index is -1.30. The SMILES string of the molecule is CC(C)OC(=O)CCC/C=C\C[C@@H]1[C@@H]([C@H](O)[C@H](O)[C@@H](O)CCc2ccccc2)[C@H]2C[C@@H]1OB(c1ccccc1)O2. The molecule has 40 heavy (non-hydrogen) atoms. The van der Waals surface area contributed by atoms with Crippen molar-refractivity contribution in [3.8, 4) is 0 Å². The van der Waals surface area contributed by atoms with E-state index in [9.17, 15) is 20.1 Å². The van der Waals surface area contributed by atoms with Crippen LogP contribution >= 0.6 is 0 Å². The van der Waals surface area contributed by atoms with Crippen LogP contribution in [0.4, 0.5) is 0 Å². The highest BCUT2D eigenvalue weighted by Gasteiger charge is 2.54. The van der Waals surface area contributed by atoms with Crippen LogP contribution < -0.4 is 5.46 Å². The van der Waals surface area contributed by atoms with Crippen LogP contribution in [0.15, 0.2) is 72.8 Å². The molecule has 4 rings (SSSR count). The molecule has 0 unspecified atom stereocenters. The highest BCUT2D eigenvalue weighted by molar-refractivity contribution is 6.61. The number of unbranched alkanes of at least 4 members (excludes halogenated alkanes) is 1. The van der Waals surface area contributed by atoms with Crippen molar-refractivity contribution in [2.45, 2.75) is 95.4 Å². The van der Waals surface area contributed by atoms with Gasteiger partial charge in [-0.15, -0.1) is 0 Å². The van der Waals surface area contributed by atoms with Crippen molar-refractivity contribution in [3.63, 3.8) is 0 Å². The van der Waals surface area contributed by atoms with Gasteiger partial charge in [0.25, 0.3) is 0 Å². The summed E-state index contributed by atoms with van der Waals surface area (Å²) in [6.07, 6.45) is 4.05. The Balaban J connectivity index is 1.40. The molecule has 1 saturated carbocycles. The maximum atomic E-state index is 11.8. The molecule has 2 aliphatic rings. The van der Waals surface area contributed by atoms with Gasteiger partial charge >= 0.3 is 13.1 Å². The minimum Gasteiger partial charge on any atom is -0.463 e. The van der Waals surface area contributed by atoms with E-state index < -0.39 is 31.3 Å². The Morgan fingerprint density at radius 3 is 2.38 bits per heavy atom. The van der Waals surface area contributed by atoms with Crippen LogP contribution in [0, 0.1) is 11.8 Å². The third-order valence-corrected chi connectivity index (χ3v) is 7.94. The molecule has 8 heteroatoms. The molecule has 0 radical (unpaired) electrons. The summed E-state index contributed by atoms with van der Waals surface area (Å²) in [7, 11) is -0.541. The first-order chi connectivity index (χ1) is 19.3. The number of aliphatic hydroxyl groups excluding tert-OH is 3. The van der Waals surface area contributed by atoms with Gasteiger partial charge in [-0.3, -0.25) is 4.79 Å². The van der Waals surface area contributed by atoms with E-state index in [0.29, 0.717) is 38.5 Å². The van der Waals surface area contributed by atoms with E-state index in [1.165, 1.54) is 0 Å². The number of rotatable bonds is 14. The van der Waals surface area contributed by atoms with Gasteiger partial charge in [0.15, 0.2) is 0 Å². The number of aryl methyl sites for hydroxylation is 1. The Morgan fingerprint density at radius 2 is 1.68 bits per heavy atom. The molecular weight excluding hydrogens is 507 g/mol. The Morgan fingerprint density at radius 1 is 1.00 bits per heavy atom. The number of ether oxygens (including phenoxy) is 1. The molecule has 7 atom stereocenters. The Kier molecular flexibility index (Phi) is 11.4. The fraction of sp³-hybridized carbons (Fsp3) is 0.531. The van der Waals surface area contributed by atoms with E-state index in [2.05, 4.69) is 12.2 Å². The van der Waals surface area contributed by atoms with Crippen LogP contribution in [-0.4, -0.2) is 65.0 Å². The van der Waals surface area contributed by atoms with Crippen molar-refractivity contribution in [2.75, 3.05) is 0 Å². The van der Waals surface area contributed by atoms with E-state index in [1.807, 2.05) is 74.5 Å². The first kappa shape index (κ1) is 30.5. The van der Waals surface area contributed by atoms with Gasteiger partial charge in [0.05, 0.1) is 24.4 Å². The average Bonchev–Trinajstić information content (AvgIpc) is 3.21. The number of hydrogen-bond donors (Lipinski definition) is 3. The van der Waals surface area contributed by atoms with Crippen LogP contribution in [0.2, 0.25) is 0 Å². The molecule has 216 valence electrons. The minimum absolute atomic E-state index is 0.0909. The quantitative estimate of drug-likeness (QED) is 0.143. The van der Waals surface area contributed by atoms with E-state index in [1.54, 1.807) is 0 Å². The molecule has 2 fully saturated rings.